The molecule has 1 fully saturated rings. The molecule has 0 unspecified atom stereocenters. The van der Waals surface area contributed by atoms with Crippen molar-refractivity contribution in [1.29, 1.82) is 0 Å². The molecular weight excluding hydrogens is 196 g/mol. The molecule has 1 saturated heterocycles. The number of hydrogen-bond donors (Lipinski definition) is 2. The Kier molecular flexibility index (Phi) is 1.79. The predicted molar refractivity (Wildman–Crippen MR) is 52.5 cm³/mol. The Hall–Kier alpha value is -1.73. The highest BCUT2D eigenvalue weighted by molar-refractivity contribution is 5.81. The maximum atomic E-state index is 5.68. The van der Waals surface area contributed by atoms with E-state index >= 15 is 0 Å². The van der Waals surface area contributed by atoms with Crippen molar-refractivity contribution >= 4 is 17.0 Å². The summed E-state index contributed by atoms with van der Waals surface area (Å²) >= 11 is 0. The first-order valence-electron chi connectivity index (χ1n) is 4.68. The summed E-state index contributed by atoms with van der Waals surface area (Å²) in [4.78, 5) is 17.5. The highest BCUT2D eigenvalue weighted by Gasteiger charge is 2.20. The Morgan fingerprint density at radius 1 is 1.47 bits per heavy atom. The molecule has 3 N–H and O–H groups in total. The molecule has 0 radical (unpaired) electrons. The molecule has 3 heterocycles. The molecule has 1 atom stereocenters. The third-order valence-electron chi connectivity index (χ3n) is 2.41. The largest absolute Gasteiger partial charge is 0.382 e. The van der Waals surface area contributed by atoms with Crippen molar-refractivity contribution in [2.24, 2.45) is 0 Å². The highest BCUT2D eigenvalue weighted by atomic mass is 16.7. The van der Waals surface area contributed by atoms with Crippen LogP contribution >= 0.6 is 0 Å². The maximum absolute atomic E-state index is 5.68. The van der Waals surface area contributed by atoms with E-state index in [0.717, 1.165) is 13.0 Å². The minimum Gasteiger partial charge on any atom is -0.382 e. The molecular formula is C8H10N6O. The summed E-state index contributed by atoms with van der Waals surface area (Å²) in [6.45, 7) is 0.824. The lowest BCUT2D eigenvalue weighted by Crippen LogP contribution is -2.10. The van der Waals surface area contributed by atoms with Crippen LogP contribution in [0.1, 0.15) is 12.6 Å². The number of fused-ring (bicyclic) bond motifs is 1. The molecule has 15 heavy (non-hydrogen) atoms. The number of nitrogens with two attached hydrogens (primary N) is 1. The van der Waals surface area contributed by atoms with Crippen LogP contribution in [-0.4, -0.2) is 26.1 Å². The van der Waals surface area contributed by atoms with Crippen LogP contribution in [0.4, 0.5) is 5.82 Å². The predicted octanol–water partition coefficient (Wildman–Crippen LogP) is -0.168. The number of nitrogens with zero attached hydrogens (tertiary/aromatic N) is 4. The van der Waals surface area contributed by atoms with Gasteiger partial charge in [0, 0.05) is 13.0 Å². The average Bonchev–Trinajstić information content (AvgIpc) is 2.85. The van der Waals surface area contributed by atoms with Gasteiger partial charge in [0.25, 0.3) is 0 Å². The molecule has 0 bridgehead atoms. The lowest BCUT2D eigenvalue weighted by Gasteiger charge is -2.09. The number of nitrogen functional groups attached to an aromatic ring is 1. The van der Waals surface area contributed by atoms with E-state index in [9.17, 15) is 0 Å². The van der Waals surface area contributed by atoms with Gasteiger partial charge in [0.15, 0.2) is 17.7 Å². The molecule has 2 aromatic heterocycles. The normalized spacial score (nSPS) is 21.2. The fraction of sp³-hybridized carbons (Fsp3) is 0.375. The second-order valence-corrected chi connectivity index (χ2v) is 3.34. The second kappa shape index (κ2) is 3.14. The number of anilines is 1. The summed E-state index contributed by atoms with van der Waals surface area (Å²) in [7, 11) is 0. The molecule has 1 aliphatic rings. The molecule has 2 aromatic rings. The molecule has 7 nitrogen and oxygen atoms in total. The van der Waals surface area contributed by atoms with Gasteiger partial charge < -0.3 is 5.73 Å². The van der Waals surface area contributed by atoms with Crippen molar-refractivity contribution in [2.75, 3.05) is 12.3 Å². The summed E-state index contributed by atoms with van der Waals surface area (Å²) < 4.78 is 1.85. The fourth-order valence-electron chi connectivity index (χ4n) is 1.67. The van der Waals surface area contributed by atoms with Crippen LogP contribution in [0.25, 0.3) is 11.2 Å². The Balaban J connectivity index is 2.15. The van der Waals surface area contributed by atoms with Gasteiger partial charge in [-0.1, -0.05) is 0 Å². The number of imidazole rings is 1. The van der Waals surface area contributed by atoms with Gasteiger partial charge in [-0.05, 0) is 0 Å². The summed E-state index contributed by atoms with van der Waals surface area (Å²) in [5, 5.41) is 0. The van der Waals surface area contributed by atoms with Gasteiger partial charge in [-0.2, -0.15) is 5.48 Å². The van der Waals surface area contributed by atoms with E-state index in [2.05, 4.69) is 20.4 Å². The topological polar surface area (TPSA) is 90.9 Å². The van der Waals surface area contributed by atoms with Crippen molar-refractivity contribution in [3.05, 3.63) is 12.7 Å². The second-order valence-electron chi connectivity index (χ2n) is 3.34. The quantitative estimate of drug-likeness (QED) is 0.673. The SMILES string of the molecule is Nc1ncnc2c1ncn2[C@H]1CCNO1. The molecule has 7 heteroatoms. The zero-order valence-corrected chi connectivity index (χ0v) is 7.92. The van der Waals surface area contributed by atoms with Gasteiger partial charge in [-0.25, -0.2) is 15.0 Å². The Labute approximate surface area is 85.2 Å². The average molecular weight is 206 g/mol. The summed E-state index contributed by atoms with van der Waals surface area (Å²) in [5.74, 6) is 0.393. The zero-order valence-electron chi connectivity index (χ0n) is 7.92. The zero-order chi connectivity index (χ0) is 10.3. The van der Waals surface area contributed by atoms with Gasteiger partial charge in [0.2, 0.25) is 0 Å². The van der Waals surface area contributed by atoms with Gasteiger partial charge in [-0.3, -0.25) is 9.40 Å². The van der Waals surface area contributed by atoms with E-state index in [1.807, 2.05) is 4.57 Å². The monoisotopic (exact) mass is 206 g/mol. The molecule has 0 aromatic carbocycles. The Bertz CT molecular complexity index is 489. The molecule has 1 aliphatic heterocycles. The van der Waals surface area contributed by atoms with Crippen LogP contribution < -0.4 is 11.2 Å². The molecule has 78 valence electrons. The first-order chi connectivity index (χ1) is 7.36. The lowest BCUT2D eigenvalue weighted by molar-refractivity contribution is -0.00712. The Morgan fingerprint density at radius 2 is 2.40 bits per heavy atom. The first-order valence-corrected chi connectivity index (χ1v) is 4.68. The van der Waals surface area contributed by atoms with E-state index in [1.165, 1.54) is 6.33 Å². The summed E-state index contributed by atoms with van der Waals surface area (Å²) in [5.41, 5.74) is 9.82. The van der Waals surface area contributed by atoms with E-state index in [0.29, 0.717) is 17.0 Å². The number of aromatic nitrogens is 4. The van der Waals surface area contributed by atoms with Gasteiger partial charge in [-0.15, -0.1) is 0 Å². The molecule has 0 saturated carbocycles. The lowest BCUT2D eigenvalue weighted by atomic mass is 10.4. The molecule has 0 amide bonds. The van der Waals surface area contributed by atoms with Gasteiger partial charge in [0.05, 0.1) is 6.33 Å². The van der Waals surface area contributed by atoms with Crippen molar-refractivity contribution in [1.82, 2.24) is 25.0 Å². The van der Waals surface area contributed by atoms with Crippen molar-refractivity contribution in [3.63, 3.8) is 0 Å². The third kappa shape index (κ3) is 1.24. The number of hydroxylamine groups is 1. The minimum atomic E-state index is -0.0655. The van der Waals surface area contributed by atoms with Crippen molar-refractivity contribution in [3.8, 4) is 0 Å². The highest BCUT2D eigenvalue weighted by Crippen LogP contribution is 2.22. The van der Waals surface area contributed by atoms with Crippen LogP contribution in [-0.2, 0) is 4.84 Å². The smallest absolute Gasteiger partial charge is 0.167 e. The van der Waals surface area contributed by atoms with Crippen molar-refractivity contribution < 1.29 is 4.84 Å². The standard InChI is InChI=1S/C8H10N6O/c9-7-6-8(11-3-10-7)14(4-12-6)5-1-2-13-15-5/h3-5,13H,1-2H2,(H2,9,10,11)/t5-/m1/s1. The van der Waals surface area contributed by atoms with Gasteiger partial charge in [0.1, 0.15) is 11.8 Å². The van der Waals surface area contributed by atoms with Crippen LogP contribution in [0.15, 0.2) is 12.7 Å². The Morgan fingerprint density at radius 3 is 3.20 bits per heavy atom. The summed E-state index contributed by atoms with van der Waals surface area (Å²) in [6, 6.07) is 0. The van der Waals surface area contributed by atoms with Crippen LogP contribution in [0.3, 0.4) is 0 Å². The number of hydrogen-bond acceptors (Lipinski definition) is 6. The van der Waals surface area contributed by atoms with E-state index < -0.39 is 0 Å². The number of nitrogens with one attached hydrogen (secondary N) is 1. The van der Waals surface area contributed by atoms with Crippen LogP contribution in [0.5, 0.6) is 0 Å². The molecule has 0 aliphatic carbocycles. The summed E-state index contributed by atoms with van der Waals surface area (Å²) in [6.07, 6.45) is 3.92. The van der Waals surface area contributed by atoms with E-state index in [4.69, 9.17) is 10.6 Å². The number of rotatable bonds is 1. The van der Waals surface area contributed by atoms with Crippen molar-refractivity contribution in [2.45, 2.75) is 12.6 Å². The molecule has 3 rings (SSSR count). The van der Waals surface area contributed by atoms with Crippen LogP contribution in [0.2, 0.25) is 0 Å². The minimum absolute atomic E-state index is 0.0655. The molecule has 0 spiro atoms. The third-order valence-corrected chi connectivity index (χ3v) is 2.41. The van der Waals surface area contributed by atoms with E-state index in [-0.39, 0.29) is 6.23 Å². The van der Waals surface area contributed by atoms with E-state index in [1.54, 1.807) is 6.33 Å². The van der Waals surface area contributed by atoms with Crippen LogP contribution in [0, 0.1) is 0 Å². The first kappa shape index (κ1) is 8.57. The van der Waals surface area contributed by atoms with Gasteiger partial charge >= 0.3 is 0 Å². The maximum Gasteiger partial charge on any atom is 0.167 e. The fourth-order valence-corrected chi connectivity index (χ4v) is 1.67.